The van der Waals surface area contributed by atoms with E-state index in [1.54, 1.807) is 10.9 Å². The van der Waals surface area contributed by atoms with Gasteiger partial charge in [-0.25, -0.2) is 4.68 Å². The number of amides is 1. The lowest BCUT2D eigenvalue weighted by Gasteiger charge is -2.35. The molecule has 5 nitrogen and oxygen atoms in total. The van der Waals surface area contributed by atoms with Gasteiger partial charge in [0.1, 0.15) is 5.82 Å². The van der Waals surface area contributed by atoms with Crippen LogP contribution in [0, 0.1) is 5.92 Å². The van der Waals surface area contributed by atoms with Crippen molar-refractivity contribution in [3.63, 3.8) is 0 Å². The van der Waals surface area contributed by atoms with Gasteiger partial charge in [0.05, 0.1) is 11.7 Å². The van der Waals surface area contributed by atoms with Crippen LogP contribution in [0.2, 0.25) is 0 Å². The maximum atomic E-state index is 12.4. The summed E-state index contributed by atoms with van der Waals surface area (Å²) in [4.78, 5) is 12.4. The number of hydrogen-bond donors (Lipinski definition) is 2. The Morgan fingerprint density at radius 3 is 3.00 bits per heavy atom. The van der Waals surface area contributed by atoms with Crippen LogP contribution in [0.5, 0.6) is 0 Å². The average molecular weight is 264 g/mol. The number of anilines is 1. The Hall–Kier alpha value is -1.36. The van der Waals surface area contributed by atoms with Gasteiger partial charge < -0.3 is 11.1 Å². The summed E-state index contributed by atoms with van der Waals surface area (Å²) < 4.78 is 1.80. The molecule has 0 aromatic carbocycles. The highest BCUT2D eigenvalue weighted by molar-refractivity contribution is 5.97. The highest BCUT2D eigenvalue weighted by Crippen LogP contribution is 2.31. The van der Waals surface area contributed by atoms with E-state index in [0.29, 0.717) is 5.92 Å². The second-order valence-electron chi connectivity index (χ2n) is 6.07. The number of aromatic nitrogens is 2. The highest BCUT2D eigenvalue weighted by Gasteiger charge is 2.38. The van der Waals surface area contributed by atoms with Crippen LogP contribution in [-0.4, -0.2) is 21.2 Å². The van der Waals surface area contributed by atoms with Crippen molar-refractivity contribution in [2.75, 3.05) is 5.32 Å². The molecule has 1 aromatic heterocycles. The number of carbonyl (C=O) groups is 1. The van der Waals surface area contributed by atoms with Gasteiger partial charge in [0, 0.05) is 12.1 Å². The number of nitrogens with one attached hydrogen (secondary N) is 1. The second-order valence-corrected chi connectivity index (χ2v) is 6.07. The molecule has 1 amide bonds. The molecular weight excluding hydrogens is 240 g/mol. The third-order valence-corrected chi connectivity index (χ3v) is 3.89. The molecule has 0 aliphatic heterocycles. The molecule has 2 rings (SSSR count). The maximum Gasteiger partial charge on any atom is 0.245 e. The molecule has 2 unspecified atom stereocenters. The fourth-order valence-electron chi connectivity index (χ4n) is 2.86. The van der Waals surface area contributed by atoms with E-state index in [1.807, 2.05) is 19.9 Å². The van der Waals surface area contributed by atoms with Gasteiger partial charge in [-0.2, -0.15) is 5.10 Å². The summed E-state index contributed by atoms with van der Waals surface area (Å²) in [6.45, 7) is 6.22. The molecule has 1 heterocycles. The highest BCUT2D eigenvalue weighted by atomic mass is 16.2. The molecule has 1 aliphatic rings. The minimum absolute atomic E-state index is 0.0820. The predicted molar refractivity (Wildman–Crippen MR) is 75.8 cm³/mol. The van der Waals surface area contributed by atoms with E-state index in [1.165, 1.54) is 0 Å². The zero-order valence-corrected chi connectivity index (χ0v) is 12.0. The zero-order valence-electron chi connectivity index (χ0n) is 12.0. The van der Waals surface area contributed by atoms with Gasteiger partial charge in [0.15, 0.2) is 0 Å². The molecule has 0 saturated heterocycles. The Bertz CT molecular complexity index is 454. The first-order valence-corrected chi connectivity index (χ1v) is 7.06. The van der Waals surface area contributed by atoms with Crippen molar-refractivity contribution in [1.82, 2.24) is 9.78 Å². The van der Waals surface area contributed by atoms with Crippen LogP contribution in [0.4, 0.5) is 5.82 Å². The van der Waals surface area contributed by atoms with E-state index < -0.39 is 5.54 Å². The molecule has 1 saturated carbocycles. The summed E-state index contributed by atoms with van der Waals surface area (Å²) in [6.07, 6.45) is 5.40. The van der Waals surface area contributed by atoms with Crippen molar-refractivity contribution in [2.24, 2.45) is 11.7 Å². The minimum Gasteiger partial charge on any atom is -0.317 e. The van der Waals surface area contributed by atoms with Crippen LogP contribution in [-0.2, 0) is 4.79 Å². The lowest BCUT2D eigenvalue weighted by molar-refractivity contribution is -0.122. The SMILES string of the molecule is CC1CCCC(N)(C(=O)Nc2ccnn2C(C)C)C1. The van der Waals surface area contributed by atoms with Gasteiger partial charge in [0.25, 0.3) is 0 Å². The van der Waals surface area contributed by atoms with Crippen LogP contribution in [0.15, 0.2) is 12.3 Å². The predicted octanol–water partition coefficient (Wildman–Crippen LogP) is 2.31. The van der Waals surface area contributed by atoms with Gasteiger partial charge in [-0.1, -0.05) is 19.8 Å². The van der Waals surface area contributed by atoms with E-state index in [0.717, 1.165) is 31.5 Å². The number of nitrogens with zero attached hydrogens (tertiary/aromatic N) is 2. The van der Waals surface area contributed by atoms with E-state index in [2.05, 4.69) is 17.3 Å². The van der Waals surface area contributed by atoms with E-state index >= 15 is 0 Å². The number of carbonyl (C=O) groups excluding carboxylic acids is 1. The smallest absolute Gasteiger partial charge is 0.245 e. The Labute approximate surface area is 114 Å². The fraction of sp³-hybridized carbons (Fsp3) is 0.714. The lowest BCUT2D eigenvalue weighted by Crippen LogP contribution is -2.54. The van der Waals surface area contributed by atoms with Crippen molar-refractivity contribution < 1.29 is 4.79 Å². The molecule has 1 aliphatic carbocycles. The van der Waals surface area contributed by atoms with Crippen LogP contribution < -0.4 is 11.1 Å². The van der Waals surface area contributed by atoms with E-state index in [9.17, 15) is 4.79 Å². The molecule has 106 valence electrons. The minimum atomic E-state index is -0.732. The standard InChI is InChI=1S/C14H24N4O/c1-10(2)18-12(6-8-16-18)17-13(19)14(15)7-4-5-11(3)9-14/h6,8,10-11H,4-5,7,9,15H2,1-3H3,(H,17,19). The first-order chi connectivity index (χ1) is 8.92. The second kappa shape index (κ2) is 5.33. The molecule has 19 heavy (non-hydrogen) atoms. The Kier molecular flexibility index (Phi) is 3.94. The summed E-state index contributed by atoms with van der Waals surface area (Å²) in [6, 6.07) is 2.03. The summed E-state index contributed by atoms with van der Waals surface area (Å²) in [7, 11) is 0. The van der Waals surface area contributed by atoms with Gasteiger partial charge in [-0.15, -0.1) is 0 Å². The number of rotatable bonds is 3. The maximum absolute atomic E-state index is 12.4. The molecule has 3 N–H and O–H groups in total. The first-order valence-electron chi connectivity index (χ1n) is 7.06. The van der Waals surface area contributed by atoms with Gasteiger partial charge in [-0.05, 0) is 32.6 Å². The molecule has 0 bridgehead atoms. The molecule has 1 aromatic rings. The molecule has 5 heteroatoms. The van der Waals surface area contributed by atoms with Crippen LogP contribution in [0.25, 0.3) is 0 Å². The largest absolute Gasteiger partial charge is 0.317 e. The van der Waals surface area contributed by atoms with Gasteiger partial charge in [-0.3, -0.25) is 4.79 Å². The third kappa shape index (κ3) is 2.97. The third-order valence-electron chi connectivity index (χ3n) is 3.89. The molecule has 2 atom stereocenters. The van der Waals surface area contributed by atoms with Crippen molar-refractivity contribution in [2.45, 2.75) is 58.0 Å². The summed E-state index contributed by atoms with van der Waals surface area (Å²) in [5, 5.41) is 7.15. The average Bonchev–Trinajstić information content (AvgIpc) is 2.76. The monoisotopic (exact) mass is 264 g/mol. The van der Waals surface area contributed by atoms with Crippen molar-refractivity contribution in [3.05, 3.63) is 12.3 Å². The van der Waals surface area contributed by atoms with Crippen molar-refractivity contribution >= 4 is 11.7 Å². The zero-order chi connectivity index (χ0) is 14.0. The Morgan fingerprint density at radius 2 is 2.37 bits per heavy atom. The molecular formula is C14H24N4O. The van der Waals surface area contributed by atoms with Crippen LogP contribution in [0.1, 0.15) is 52.5 Å². The quantitative estimate of drug-likeness (QED) is 0.880. The molecule has 0 spiro atoms. The lowest BCUT2D eigenvalue weighted by atomic mass is 9.76. The Morgan fingerprint density at radius 1 is 1.63 bits per heavy atom. The topological polar surface area (TPSA) is 72.9 Å². The summed E-state index contributed by atoms with van der Waals surface area (Å²) in [5.74, 6) is 1.16. The van der Waals surface area contributed by atoms with E-state index in [4.69, 9.17) is 5.73 Å². The van der Waals surface area contributed by atoms with E-state index in [-0.39, 0.29) is 11.9 Å². The summed E-state index contributed by atoms with van der Waals surface area (Å²) >= 11 is 0. The van der Waals surface area contributed by atoms with Crippen LogP contribution in [0.3, 0.4) is 0 Å². The van der Waals surface area contributed by atoms with Crippen molar-refractivity contribution in [1.29, 1.82) is 0 Å². The van der Waals surface area contributed by atoms with Crippen LogP contribution >= 0.6 is 0 Å². The molecule has 0 radical (unpaired) electrons. The van der Waals surface area contributed by atoms with Gasteiger partial charge in [0.2, 0.25) is 5.91 Å². The summed E-state index contributed by atoms with van der Waals surface area (Å²) in [5.41, 5.74) is 5.56. The first kappa shape index (κ1) is 14.1. The normalized spacial score (nSPS) is 27.5. The number of nitrogens with two attached hydrogens (primary N) is 1. The molecule has 1 fully saturated rings. The fourth-order valence-corrected chi connectivity index (χ4v) is 2.86. The van der Waals surface area contributed by atoms with Crippen molar-refractivity contribution in [3.8, 4) is 0 Å². The number of hydrogen-bond acceptors (Lipinski definition) is 3. The van der Waals surface area contributed by atoms with Gasteiger partial charge >= 0.3 is 0 Å². The Balaban J connectivity index is 2.10.